The normalized spacial score (nSPS) is 22.7. The number of benzene rings is 8. The van der Waals surface area contributed by atoms with Gasteiger partial charge in [0.25, 0.3) is 0 Å². The van der Waals surface area contributed by atoms with E-state index in [4.69, 9.17) is 47.4 Å². The lowest BCUT2D eigenvalue weighted by Crippen LogP contribution is -2.62. The topological polar surface area (TPSA) is 229 Å². The van der Waals surface area contributed by atoms with Crippen molar-refractivity contribution in [3.63, 3.8) is 0 Å². The van der Waals surface area contributed by atoms with E-state index in [-0.39, 0.29) is 65.8 Å². The molecule has 12 atom stereocenters. The fraction of sp³-hybridized carbons (Fsp3) is 0.278. The Labute approximate surface area is 758 Å². The van der Waals surface area contributed by atoms with E-state index in [0.29, 0.717) is 12.8 Å². The van der Waals surface area contributed by atoms with Crippen molar-refractivity contribution in [1.29, 1.82) is 0 Å². The lowest BCUT2D eigenvalue weighted by atomic mass is 9.72. The Morgan fingerprint density at radius 2 is 0.539 bits per heavy atom. The first kappa shape index (κ1) is 94.4. The number of allylic oxidation sites excluding steroid dienone is 20. The summed E-state index contributed by atoms with van der Waals surface area (Å²) >= 11 is 2.81. The van der Waals surface area contributed by atoms with E-state index < -0.39 is 121 Å². The molecular formula is C108H108O18S2. The highest BCUT2D eigenvalue weighted by Crippen LogP contribution is 2.50. The summed E-state index contributed by atoms with van der Waals surface area (Å²) in [6.45, 7) is 20.4. The predicted octanol–water partition coefficient (Wildman–Crippen LogP) is 22.5. The van der Waals surface area contributed by atoms with Crippen LogP contribution in [0.1, 0.15) is 178 Å². The third kappa shape index (κ3) is 26.0. The van der Waals surface area contributed by atoms with Gasteiger partial charge >= 0.3 is 47.8 Å². The van der Waals surface area contributed by atoms with Crippen LogP contribution in [0.4, 0.5) is 0 Å². The van der Waals surface area contributed by atoms with Crippen molar-refractivity contribution in [2.24, 2.45) is 10.8 Å². The van der Waals surface area contributed by atoms with E-state index in [2.05, 4.69) is 90.2 Å². The molecule has 2 saturated heterocycles. The van der Waals surface area contributed by atoms with E-state index in [1.165, 1.54) is 23.5 Å². The van der Waals surface area contributed by atoms with Crippen LogP contribution in [0.3, 0.4) is 0 Å². The number of rotatable bonds is 32. The number of hydrogen-bond donors (Lipinski definition) is 0. The molecule has 2 heterocycles. The van der Waals surface area contributed by atoms with Gasteiger partial charge in [-0.15, -0.1) is 23.5 Å². The van der Waals surface area contributed by atoms with Crippen molar-refractivity contribution in [3.8, 4) is 0 Å². The zero-order chi connectivity index (χ0) is 90.7. The van der Waals surface area contributed by atoms with Gasteiger partial charge in [0.1, 0.15) is 36.3 Å². The summed E-state index contributed by atoms with van der Waals surface area (Å²) in [5.74, 6) is -5.84. The minimum atomic E-state index is -1.48. The monoisotopic (exact) mass is 1760 g/mol. The van der Waals surface area contributed by atoms with Gasteiger partial charge in [-0.3, -0.25) is 0 Å². The molecule has 128 heavy (non-hydrogen) atoms. The van der Waals surface area contributed by atoms with Crippen molar-refractivity contribution in [2.75, 3.05) is 13.2 Å². The third-order valence-corrected chi connectivity index (χ3v) is 25.8. The van der Waals surface area contributed by atoms with Crippen LogP contribution in [0.5, 0.6) is 0 Å². The molecule has 0 spiro atoms. The van der Waals surface area contributed by atoms with Crippen LogP contribution >= 0.6 is 23.5 Å². The van der Waals surface area contributed by atoms with Gasteiger partial charge in [0.2, 0.25) is 0 Å². The first-order chi connectivity index (χ1) is 61.8. The fourth-order valence-corrected chi connectivity index (χ4v) is 18.5. The van der Waals surface area contributed by atoms with Crippen LogP contribution in [0, 0.1) is 10.8 Å². The first-order valence-electron chi connectivity index (χ1n) is 42.9. The summed E-state index contributed by atoms with van der Waals surface area (Å²) in [7, 11) is 0. The molecule has 2 aliphatic carbocycles. The number of hydrogen-bond acceptors (Lipinski definition) is 20. The molecule has 660 valence electrons. The van der Waals surface area contributed by atoms with Gasteiger partial charge < -0.3 is 47.4 Å². The molecule has 4 aliphatic rings. The second kappa shape index (κ2) is 45.6. The quantitative estimate of drug-likeness (QED) is 0.0217. The zero-order valence-corrected chi connectivity index (χ0v) is 75.1. The molecule has 0 saturated carbocycles. The van der Waals surface area contributed by atoms with Crippen molar-refractivity contribution in [2.45, 2.75) is 165 Å². The largest absolute Gasteiger partial charge is 0.459 e. The Bertz CT molecular complexity index is 5200. The van der Waals surface area contributed by atoms with Gasteiger partial charge in [-0.05, 0) is 186 Å². The van der Waals surface area contributed by atoms with Crippen LogP contribution in [-0.4, -0.2) is 131 Å². The lowest BCUT2D eigenvalue weighted by Gasteiger charge is -2.46. The van der Waals surface area contributed by atoms with Gasteiger partial charge in [0, 0.05) is 10.5 Å². The second-order valence-electron chi connectivity index (χ2n) is 33.1. The average Bonchev–Trinajstić information content (AvgIpc) is 0.767. The summed E-state index contributed by atoms with van der Waals surface area (Å²) in [5.41, 5.74) is 7.62. The standard InChI is InChI=1S/C108H108O18S2/c1-71(41-37-43-73(3)61-63-85-75(5)89(65-67-107(85,7)8)127-105-95(125-103(115)83-57-31-17-32-58-83)93(123-101(113)81-53-27-15-28-54-81)91(121-99(111)79-49-23-13-24-50-79)87(119-105)69-117-97(109)77-45-19-11-20-46-77)39-35-36-40-72(2)42-38-44-74(4)62-64-86-76(6)90(66-68-108(86,9)10)128-106-96(126-104(116)84-59-33-18-34-60-84)94(124-102(114)82-55-29-16-30-56-82)92(122-100(112)80-51-25-14-26-52-80)88(120-106)70-118-98(110)78-47-21-12-22-48-78/h11-64,87-96,105-106H,65-70H2,1-10H3/b36-35+,41-37+,42-38+,63-61+,64-62+,71-39+,72-40+,73-43+,74-44+/t87-,88-,89+,90+,91-,92-,93+,94+,95-,96-,105+,106+/m1/s1. The average molecular weight is 1760 g/mol. The summed E-state index contributed by atoms with van der Waals surface area (Å²) < 4.78 is 64.4. The molecular weight excluding hydrogens is 1650 g/mol. The fourth-order valence-electron chi connectivity index (χ4n) is 15.5. The SMILES string of the molecule is CC1=C(/C=C/C(C)=C/C=C/C(C)=C/C=C/C=C(C)/C=C/C=C(C)/C=C/C2=C(C)[C@@H](S[C@@H]3O[C@H](COC(=O)c4ccccc4)[C@@H](OC(=O)c4ccccc4)[C@H](OC(=O)c4ccccc4)[C@H]3OC(=O)c3ccccc3)CCC2(C)C)C(C)(C)CC[C@@H]1S[C@@H]1O[C@H](COC(=O)c2ccccc2)[C@@H](OC(=O)c2ccccc2)[C@H](OC(=O)c2ccccc2)[C@H]1OC(=O)c1ccccc1. The highest BCUT2D eigenvalue weighted by Gasteiger charge is 2.56. The van der Waals surface area contributed by atoms with Crippen LogP contribution < -0.4 is 0 Å². The molecule has 8 aromatic rings. The van der Waals surface area contributed by atoms with Crippen molar-refractivity contribution in [1.82, 2.24) is 0 Å². The maximum absolute atomic E-state index is 14.4. The Balaban J connectivity index is 0.727. The van der Waals surface area contributed by atoms with E-state index in [1.807, 2.05) is 64.2 Å². The minimum absolute atomic E-state index is 0.199. The van der Waals surface area contributed by atoms with E-state index in [0.717, 1.165) is 57.4 Å². The summed E-state index contributed by atoms with van der Waals surface area (Å²) in [6, 6.07) is 67.1. The number of esters is 8. The molecule has 20 heteroatoms. The molecule has 0 bridgehead atoms. The molecule has 2 fully saturated rings. The van der Waals surface area contributed by atoms with Gasteiger partial charge in [-0.2, -0.15) is 0 Å². The van der Waals surface area contributed by atoms with Crippen molar-refractivity contribution in [3.05, 3.63) is 417 Å². The molecule has 0 N–H and O–H groups in total. The predicted molar refractivity (Wildman–Crippen MR) is 500 cm³/mol. The Hall–Kier alpha value is -12.7. The van der Waals surface area contributed by atoms with Crippen molar-refractivity contribution < 1.29 is 85.7 Å². The highest BCUT2D eigenvalue weighted by atomic mass is 32.2. The number of ether oxygens (including phenoxy) is 10. The van der Waals surface area contributed by atoms with Gasteiger partial charge in [0.05, 0.1) is 44.5 Å². The maximum Gasteiger partial charge on any atom is 0.338 e. The molecule has 0 unspecified atom stereocenters. The lowest BCUT2D eigenvalue weighted by molar-refractivity contribution is -0.207. The Morgan fingerprint density at radius 1 is 0.312 bits per heavy atom. The highest BCUT2D eigenvalue weighted by molar-refractivity contribution is 8.00. The molecule has 0 amide bonds. The third-order valence-electron chi connectivity index (χ3n) is 22.7. The second-order valence-corrected chi connectivity index (χ2v) is 35.7. The molecule has 8 aromatic carbocycles. The van der Waals surface area contributed by atoms with Crippen molar-refractivity contribution >= 4 is 71.3 Å². The van der Waals surface area contributed by atoms with Crippen LogP contribution in [0.2, 0.25) is 0 Å². The van der Waals surface area contributed by atoms with Gasteiger partial charge in [-0.25, -0.2) is 38.4 Å². The summed E-state index contributed by atoms with van der Waals surface area (Å²) in [4.78, 5) is 113. The molecule has 0 aromatic heterocycles. The maximum atomic E-state index is 14.4. The number of carbonyl (C=O) groups is 8. The van der Waals surface area contributed by atoms with E-state index in [1.54, 1.807) is 243 Å². The molecule has 2 aliphatic heterocycles. The summed E-state index contributed by atoms with van der Waals surface area (Å²) in [6.07, 6.45) is 20.7. The smallest absolute Gasteiger partial charge is 0.338 e. The summed E-state index contributed by atoms with van der Waals surface area (Å²) in [5, 5.41) is -0.444. The Morgan fingerprint density at radius 3 is 0.805 bits per heavy atom. The molecule has 12 rings (SSSR count). The number of thioether (sulfide) groups is 2. The molecule has 18 nitrogen and oxygen atoms in total. The first-order valence-corrected chi connectivity index (χ1v) is 44.8. The molecule has 0 radical (unpaired) electrons. The number of carbonyl (C=O) groups excluding carboxylic acids is 8. The van der Waals surface area contributed by atoms with E-state index in [9.17, 15) is 38.4 Å². The minimum Gasteiger partial charge on any atom is -0.459 e. The van der Waals surface area contributed by atoms with Gasteiger partial charge in [0.15, 0.2) is 36.6 Å². The van der Waals surface area contributed by atoms with Crippen LogP contribution in [0.15, 0.2) is 372 Å². The van der Waals surface area contributed by atoms with Crippen LogP contribution in [0.25, 0.3) is 0 Å². The van der Waals surface area contributed by atoms with Gasteiger partial charge in [-0.1, -0.05) is 292 Å². The zero-order valence-electron chi connectivity index (χ0n) is 73.5. The Kier molecular flexibility index (Phi) is 33.7. The van der Waals surface area contributed by atoms with E-state index >= 15 is 0 Å². The van der Waals surface area contributed by atoms with Crippen LogP contribution in [-0.2, 0) is 47.4 Å².